The van der Waals surface area contributed by atoms with E-state index in [1.165, 1.54) is 6.07 Å². The summed E-state index contributed by atoms with van der Waals surface area (Å²) in [6, 6.07) is 4.98. The van der Waals surface area contributed by atoms with Crippen LogP contribution in [0, 0.1) is 5.92 Å². The number of benzene rings is 1. The SMILES string of the molecule is CCCOc1ccc(CNC(=NC)NCC(C)CN2CCOCC2)c(OC(F)F)c1.I. The van der Waals surface area contributed by atoms with Crippen LogP contribution in [0.1, 0.15) is 25.8 Å². The maximum atomic E-state index is 12.8. The van der Waals surface area contributed by atoms with E-state index >= 15 is 0 Å². The van der Waals surface area contributed by atoms with Gasteiger partial charge in [-0.3, -0.25) is 9.89 Å². The Labute approximate surface area is 200 Å². The quantitative estimate of drug-likeness (QED) is 0.248. The van der Waals surface area contributed by atoms with Gasteiger partial charge in [0.2, 0.25) is 0 Å². The van der Waals surface area contributed by atoms with Crippen LogP contribution < -0.4 is 20.1 Å². The molecule has 0 amide bonds. The van der Waals surface area contributed by atoms with Crippen molar-refractivity contribution in [1.82, 2.24) is 15.5 Å². The van der Waals surface area contributed by atoms with Gasteiger partial charge in [0, 0.05) is 51.4 Å². The van der Waals surface area contributed by atoms with E-state index in [0.29, 0.717) is 36.3 Å². The maximum Gasteiger partial charge on any atom is 0.387 e. The molecule has 0 spiro atoms. The highest BCUT2D eigenvalue weighted by Gasteiger charge is 2.15. The average Bonchev–Trinajstić information content (AvgIpc) is 2.73. The molecule has 0 radical (unpaired) electrons. The van der Waals surface area contributed by atoms with Gasteiger partial charge in [0.25, 0.3) is 0 Å². The molecular weight excluding hydrogens is 521 g/mol. The first-order valence-corrected chi connectivity index (χ1v) is 10.5. The number of hydrogen-bond donors (Lipinski definition) is 2. The Morgan fingerprint density at radius 3 is 2.65 bits per heavy atom. The van der Waals surface area contributed by atoms with Gasteiger partial charge in [0.05, 0.1) is 19.8 Å². The van der Waals surface area contributed by atoms with Crippen molar-refractivity contribution in [2.24, 2.45) is 10.9 Å². The van der Waals surface area contributed by atoms with Crippen molar-refractivity contribution in [3.8, 4) is 11.5 Å². The van der Waals surface area contributed by atoms with E-state index in [1.54, 1.807) is 19.2 Å². The molecule has 1 heterocycles. The molecule has 2 rings (SSSR count). The monoisotopic (exact) mass is 556 g/mol. The second-order valence-corrected chi connectivity index (χ2v) is 7.32. The Morgan fingerprint density at radius 1 is 1.26 bits per heavy atom. The van der Waals surface area contributed by atoms with Crippen molar-refractivity contribution in [3.63, 3.8) is 0 Å². The van der Waals surface area contributed by atoms with Gasteiger partial charge < -0.3 is 24.8 Å². The molecular formula is C21H35F2IN4O3. The van der Waals surface area contributed by atoms with Crippen molar-refractivity contribution >= 4 is 29.9 Å². The highest BCUT2D eigenvalue weighted by Crippen LogP contribution is 2.26. The molecule has 1 aliphatic heterocycles. The third-order valence-corrected chi connectivity index (χ3v) is 4.69. The maximum absolute atomic E-state index is 12.8. The molecule has 1 aromatic carbocycles. The predicted octanol–water partition coefficient (Wildman–Crippen LogP) is 3.33. The molecule has 1 fully saturated rings. The lowest BCUT2D eigenvalue weighted by atomic mass is 10.1. The van der Waals surface area contributed by atoms with Crippen LogP contribution >= 0.6 is 24.0 Å². The zero-order chi connectivity index (χ0) is 21.8. The molecule has 0 aromatic heterocycles. The summed E-state index contributed by atoms with van der Waals surface area (Å²) >= 11 is 0. The number of nitrogens with zero attached hydrogens (tertiary/aromatic N) is 2. The van der Waals surface area contributed by atoms with E-state index in [0.717, 1.165) is 45.8 Å². The number of morpholine rings is 1. The smallest absolute Gasteiger partial charge is 0.387 e. The van der Waals surface area contributed by atoms with Gasteiger partial charge in [-0.1, -0.05) is 13.8 Å². The van der Waals surface area contributed by atoms with Crippen LogP contribution in [0.15, 0.2) is 23.2 Å². The van der Waals surface area contributed by atoms with Gasteiger partial charge in [-0.15, -0.1) is 24.0 Å². The fraction of sp³-hybridized carbons (Fsp3) is 0.667. The molecule has 31 heavy (non-hydrogen) atoms. The fourth-order valence-corrected chi connectivity index (χ4v) is 3.16. The molecule has 1 aromatic rings. The zero-order valence-electron chi connectivity index (χ0n) is 18.5. The second kappa shape index (κ2) is 15.4. The number of guanidine groups is 1. The number of halogens is 3. The third kappa shape index (κ3) is 10.6. The number of ether oxygens (including phenoxy) is 3. The molecule has 1 unspecified atom stereocenters. The zero-order valence-corrected chi connectivity index (χ0v) is 20.9. The lowest BCUT2D eigenvalue weighted by molar-refractivity contribution is -0.0505. The van der Waals surface area contributed by atoms with E-state index in [1.807, 2.05) is 6.92 Å². The van der Waals surface area contributed by atoms with Crippen LogP contribution in [0.25, 0.3) is 0 Å². The summed E-state index contributed by atoms with van der Waals surface area (Å²) < 4.78 is 41.2. The summed E-state index contributed by atoms with van der Waals surface area (Å²) in [5.41, 5.74) is 0.600. The summed E-state index contributed by atoms with van der Waals surface area (Å²) in [7, 11) is 1.68. The summed E-state index contributed by atoms with van der Waals surface area (Å²) in [4.78, 5) is 6.61. The van der Waals surface area contributed by atoms with E-state index in [4.69, 9.17) is 9.47 Å². The minimum Gasteiger partial charge on any atom is -0.493 e. The number of aliphatic imine (C=N–C) groups is 1. The van der Waals surface area contributed by atoms with Gasteiger partial charge in [-0.25, -0.2) is 0 Å². The minimum absolute atomic E-state index is 0. The van der Waals surface area contributed by atoms with E-state index in [2.05, 4.69) is 32.2 Å². The van der Waals surface area contributed by atoms with E-state index < -0.39 is 6.61 Å². The first-order valence-electron chi connectivity index (χ1n) is 10.5. The van der Waals surface area contributed by atoms with Crippen LogP contribution in [0.3, 0.4) is 0 Å². The summed E-state index contributed by atoms with van der Waals surface area (Å²) in [5, 5.41) is 6.46. The standard InChI is InChI=1S/C21H34F2N4O3.HI/c1-4-9-29-18-6-5-17(19(12-18)30-20(22)23)14-26-21(24-3)25-13-16(2)15-27-7-10-28-11-8-27;/h5-6,12,16,20H,4,7-11,13-15H2,1-3H3,(H2,24,25,26);1H. The molecule has 1 atom stereocenters. The molecule has 7 nitrogen and oxygen atoms in total. The van der Waals surface area contributed by atoms with Crippen molar-refractivity contribution in [2.45, 2.75) is 33.4 Å². The van der Waals surface area contributed by atoms with Crippen LogP contribution in [0.4, 0.5) is 8.78 Å². The number of rotatable bonds is 11. The molecule has 0 bridgehead atoms. The molecule has 0 aliphatic carbocycles. The van der Waals surface area contributed by atoms with Crippen LogP contribution in [-0.2, 0) is 11.3 Å². The molecule has 1 saturated heterocycles. The van der Waals surface area contributed by atoms with Gasteiger partial charge in [0.15, 0.2) is 5.96 Å². The average molecular weight is 556 g/mol. The first-order chi connectivity index (χ1) is 14.5. The highest BCUT2D eigenvalue weighted by atomic mass is 127. The molecule has 178 valence electrons. The van der Waals surface area contributed by atoms with Gasteiger partial charge >= 0.3 is 6.61 Å². The Kier molecular flexibility index (Phi) is 13.7. The molecule has 2 N–H and O–H groups in total. The van der Waals surface area contributed by atoms with Crippen molar-refractivity contribution < 1.29 is 23.0 Å². The van der Waals surface area contributed by atoms with Gasteiger partial charge in [0.1, 0.15) is 11.5 Å². The van der Waals surface area contributed by atoms with E-state index in [9.17, 15) is 8.78 Å². The number of hydrogen-bond acceptors (Lipinski definition) is 5. The molecule has 0 saturated carbocycles. The van der Waals surface area contributed by atoms with Crippen LogP contribution in [0.2, 0.25) is 0 Å². The van der Waals surface area contributed by atoms with Gasteiger partial charge in [-0.2, -0.15) is 8.78 Å². The Balaban J connectivity index is 0.00000480. The number of nitrogens with one attached hydrogen (secondary N) is 2. The van der Waals surface area contributed by atoms with Crippen molar-refractivity contribution in [3.05, 3.63) is 23.8 Å². The first kappa shape index (κ1) is 27.6. The van der Waals surface area contributed by atoms with Crippen molar-refractivity contribution in [1.29, 1.82) is 0 Å². The summed E-state index contributed by atoms with van der Waals surface area (Å²) in [6.45, 7) is 7.31. The minimum atomic E-state index is -2.90. The summed E-state index contributed by atoms with van der Waals surface area (Å²) in [5.74, 6) is 1.64. The molecule has 10 heteroatoms. The lowest BCUT2D eigenvalue weighted by Crippen LogP contribution is -2.43. The van der Waals surface area contributed by atoms with Crippen LogP contribution in [-0.4, -0.2) is 70.5 Å². The fourth-order valence-electron chi connectivity index (χ4n) is 3.16. The normalized spacial score (nSPS) is 15.9. The Morgan fingerprint density at radius 2 is 2.00 bits per heavy atom. The van der Waals surface area contributed by atoms with Crippen LogP contribution in [0.5, 0.6) is 11.5 Å². The Bertz CT molecular complexity index is 662. The topological polar surface area (TPSA) is 67.4 Å². The summed E-state index contributed by atoms with van der Waals surface area (Å²) in [6.07, 6.45) is 0.834. The Hall–Kier alpha value is -1.40. The third-order valence-electron chi connectivity index (χ3n) is 4.69. The van der Waals surface area contributed by atoms with Crippen molar-refractivity contribution in [2.75, 3.05) is 53.0 Å². The van der Waals surface area contributed by atoms with Gasteiger partial charge in [-0.05, 0) is 24.5 Å². The largest absolute Gasteiger partial charge is 0.493 e. The predicted molar refractivity (Wildman–Crippen MR) is 129 cm³/mol. The molecule has 1 aliphatic rings. The second-order valence-electron chi connectivity index (χ2n) is 7.32. The van der Waals surface area contributed by atoms with E-state index in [-0.39, 0.29) is 29.7 Å². The highest BCUT2D eigenvalue weighted by molar-refractivity contribution is 14.0. The lowest BCUT2D eigenvalue weighted by Gasteiger charge is -2.29. The number of alkyl halides is 2.